The number of hydrogen-bond acceptors (Lipinski definition) is 0. The van der Waals surface area contributed by atoms with E-state index in [9.17, 15) is 0 Å². The highest BCUT2D eigenvalue weighted by Gasteiger charge is 2.14. The van der Waals surface area contributed by atoms with Crippen molar-refractivity contribution in [3.05, 3.63) is 12.7 Å². The fourth-order valence-corrected chi connectivity index (χ4v) is 2.18. The Morgan fingerprint density at radius 1 is 1.07 bits per heavy atom. The van der Waals surface area contributed by atoms with Crippen molar-refractivity contribution in [2.24, 2.45) is 11.8 Å². The minimum atomic E-state index is 0.912. The van der Waals surface area contributed by atoms with E-state index in [0.29, 0.717) is 0 Å². The number of unbranched alkanes of at least 4 members (excludes halogenated alkanes) is 1. The maximum atomic E-state index is 3.81. The van der Waals surface area contributed by atoms with Gasteiger partial charge in [-0.3, -0.25) is 0 Å². The van der Waals surface area contributed by atoms with Crippen LogP contribution in [-0.4, -0.2) is 0 Å². The van der Waals surface area contributed by atoms with Crippen molar-refractivity contribution in [3.8, 4) is 0 Å². The molecule has 0 aliphatic carbocycles. The van der Waals surface area contributed by atoms with Crippen molar-refractivity contribution in [1.29, 1.82) is 0 Å². The molecular weight excluding hydrogens is 168 g/mol. The summed E-state index contributed by atoms with van der Waals surface area (Å²) in [6.07, 6.45) is 11.5. The van der Waals surface area contributed by atoms with Crippen LogP contribution in [0.15, 0.2) is 12.7 Å². The van der Waals surface area contributed by atoms with E-state index >= 15 is 0 Å². The van der Waals surface area contributed by atoms with Crippen LogP contribution in [0.4, 0.5) is 0 Å². The number of allylic oxidation sites excluding steroid dienone is 1. The molecule has 0 aromatic heterocycles. The molecule has 0 radical (unpaired) electrons. The molecule has 0 rings (SSSR count). The second-order valence-electron chi connectivity index (χ2n) is 4.53. The zero-order chi connectivity index (χ0) is 10.8. The zero-order valence-electron chi connectivity index (χ0n) is 10.4. The summed E-state index contributed by atoms with van der Waals surface area (Å²) in [5.74, 6) is 1.85. The molecule has 0 heteroatoms. The third-order valence-electron chi connectivity index (χ3n) is 3.22. The predicted octanol–water partition coefficient (Wildman–Crippen LogP) is 5.20. The lowest BCUT2D eigenvalue weighted by atomic mass is 9.83. The summed E-state index contributed by atoms with van der Waals surface area (Å²) in [7, 11) is 0. The molecule has 2 atom stereocenters. The molecule has 2 unspecified atom stereocenters. The predicted molar refractivity (Wildman–Crippen MR) is 66.5 cm³/mol. The van der Waals surface area contributed by atoms with Gasteiger partial charge in [0.15, 0.2) is 0 Å². The van der Waals surface area contributed by atoms with Gasteiger partial charge in [0, 0.05) is 0 Å². The molecular formula is C14H28. The Morgan fingerprint density at radius 2 is 1.79 bits per heavy atom. The van der Waals surface area contributed by atoms with E-state index in [1.165, 1.54) is 44.9 Å². The van der Waals surface area contributed by atoms with Crippen LogP contribution in [0.1, 0.15) is 65.7 Å². The van der Waals surface area contributed by atoms with E-state index in [1.54, 1.807) is 0 Å². The van der Waals surface area contributed by atoms with Gasteiger partial charge in [0.1, 0.15) is 0 Å². The monoisotopic (exact) mass is 196 g/mol. The first-order valence-electron chi connectivity index (χ1n) is 6.37. The van der Waals surface area contributed by atoms with E-state index < -0.39 is 0 Å². The van der Waals surface area contributed by atoms with Gasteiger partial charge >= 0.3 is 0 Å². The van der Waals surface area contributed by atoms with Crippen molar-refractivity contribution in [2.75, 3.05) is 0 Å². The largest absolute Gasteiger partial charge is 0.103 e. The molecule has 0 aliphatic rings. The SMILES string of the molecule is C=CCCC(CCC)C(C)CCCC. The van der Waals surface area contributed by atoms with Crippen LogP contribution in [0, 0.1) is 11.8 Å². The van der Waals surface area contributed by atoms with Gasteiger partial charge in [0.25, 0.3) is 0 Å². The standard InChI is InChI=1S/C14H28/c1-5-8-11-13(4)14(10-7-3)12-9-6-2/h6,13-14H,2,5,7-12H2,1,3-4H3. The summed E-state index contributed by atoms with van der Waals surface area (Å²) in [5, 5.41) is 0. The third kappa shape index (κ3) is 6.23. The van der Waals surface area contributed by atoms with Gasteiger partial charge < -0.3 is 0 Å². The van der Waals surface area contributed by atoms with Crippen LogP contribution < -0.4 is 0 Å². The molecule has 0 fully saturated rings. The molecule has 14 heavy (non-hydrogen) atoms. The minimum Gasteiger partial charge on any atom is -0.103 e. The lowest BCUT2D eigenvalue weighted by Crippen LogP contribution is -2.11. The van der Waals surface area contributed by atoms with E-state index in [4.69, 9.17) is 0 Å². The Kier molecular flexibility index (Phi) is 9.13. The zero-order valence-corrected chi connectivity index (χ0v) is 10.4. The highest BCUT2D eigenvalue weighted by molar-refractivity contribution is 4.73. The molecule has 0 aliphatic heterocycles. The van der Waals surface area contributed by atoms with Crippen LogP contribution in [0.3, 0.4) is 0 Å². The van der Waals surface area contributed by atoms with Crippen molar-refractivity contribution in [1.82, 2.24) is 0 Å². The van der Waals surface area contributed by atoms with Gasteiger partial charge in [-0.05, 0) is 24.7 Å². The highest BCUT2D eigenvalue weighted by atomic mass is 14.2. The van der Waals surface area contributed by atoms with Crippen molar-refractivity contribution in [2.45, 2.75) is 65.7 Å². The average molecular weight is 196 g/mol. The van der Waals surface area contributed by atoms with Gasteiger partial charge in [-0.1, -0.05) is 59.0 Å². The quantitative estimate of drug-likeness (QED) is 0.445. The Hall–Kier alpha value is -0.260. The molecule has 0 N–H and O–H groups in total. The lowest BCUT2D eigenvalue weighted by molar-refractivity contribution is 0.293. The van der Waals surface area contributed by atoms with Crippen LogP contribution in [0.25, 0.3) is 0 Å². The average Bonchev–Trinajstić information content (AvgIpc) is 2.20. The molecule has 0 amide bonds. The number of hydrogen-bond donors (Lipinski definition) is 0. The summed E-state index contributed by atoms with van der Waals surface area (Å²) in [6, 6.07) is 0. The first kappa shape index (κ1) is 13.7. The topological polar surface area (TPSA) is 0 Å². The van der Waals surface area contributed by atoms with Crippen LogP contribution >= 0.6 is 0 Å². The fourth-order valence-electron chi connectivity index (χ4n) is 2.18. The summed E-state index contributed by atoms with van der Waals surface area (Å²) in [4.78, 5) is 0. The smallest absolute Gasteiger partial charge is 0.0351 e. The molecule has 0 nitrogen and oxygen atoms in total. The second-order valence-corrected chi connectivity index (χ2v) is 4.53. The van der Waals surface area contributed by atoms with Gasteiger partial charge in [0.2, 0.25) is 0 Å². The van der Waals surface area contributed by atoms with Gasteiger partial charge in [-0.15, -0.1) is 6.58 Å². The molecule has 0 spiro atoms. The normalized spacial score (nSPS) is 15.1. The first-order valence-corrected chi connectivity index (χ1v) is 6.37. The molecule has 0 saturated heterocycles. The van der Waals surface area contributed by atoms with E-state index in [2.05, 4.69) is 33.4 Å². The lowest BCUT2D eigenvalue weighted by Gasteiger charge is -2.23. The van der Waals surface area contributed by atoms with Crippen molar-refractivity contribution >= 4 is 0 Å². The summed E-state index contributed by atoms with van der Waals surface area (Å²) < 4.78 is 0. The van der Waals surface area contributed by atoms with Gasteiger partial charge in [-0.25, -0.2) is 0 Å². The van der Waals surface area contributed by atoms with Crippen LogP contribution in [0.2, 0.25) is 0 Å². The molecule has 0 heterocycles. The molecule has 0 bridgehead atoms. The Bertz CT molecular complexity index is 126. The first-order chi connectivity index (χ1) is 6.76. The Morgan fingerprint density at radius 3 is 2.29 bits per heavy atom. The highest BCUT2D eigenvalue weighted by Crippen LogP contribution is 2.26. The van der Waals surface area contributed by atoms with Crippen molar-refractivity contribution in [3.63, 3.8) is 0 Å². The fraction of sp³-hybridized carbons (Fsp3) is 0.857. The van der Waals surface area contributed by atoms with Gasteiger partial charge in [-0.2, -0.15) is 0 Å². The third-order valence-corrected chi connectivity index (χ3v) is 3.22. The number of rotatable bonds is 9. The van der Waals surface area contributed by atoms with E-state index in [0.717, 1.165) is 11.8 Å². The summed E-state index contributed by atoms with van der Waals surface area (Å²) in [6.45, 7) is 10.8. The van der Waals surface area contributed by atoms with Crippen LogP contribution in [0.5, 0.6) is 0 Å². The van der Waals surface area contributed by atoms with Gasteiger partial charge in [0.05, 0.1) is 0 Å². The maximum absolute atomic E-state index is 3.81. The van der Waals surface area contributed by atoms with E-state index in [-0.39, 0.29) is 0 Å². The summed E-state index contributed by atoms with van der Waals surface area (Å²) in [5.41, 5.74) is 0. The van der Waals surface area contributed by atoms with Crippen LogP contribution in [-0.2, 0) is 0 Å². The Balaban J connectivity index is 3.82. The summed E-state index contributed by atoms with van der Waals surface area (Å²) >= 11 is 0. The second kappa shape index (κ2) is 9.30. The molecule has 0 saturated carbocycles. The molecule has 0 aromatic rings. The molecule has 84 valence electrons. The van der Waals surface area contributed by atoms with E-state index in [1.807, 2.05) is 0 Å². The molecule has 0 aromatic carbocycles. The Labute approximate surface area is 90.8 Å². The maximum Gasteiger partial charge on any atom is -0.0351 e. The van der Waals surface area contributed by atoms with Crippen molar-refractivity contribution < 1.29 is 0 Å². The minimum absolute atomic E-state index is 0.912.